The molecule has 0 aliphatic carbocycles. The zero-order chi connectivity index (χ0) is 19.9. The Morgan fingerprint density at radius 1 is 0.931 bits per heavy atom. The van der Waals surface area contributed by atoms with E-state index in [1.54, 1.807) is 11.2 Å². The second-order valence-electron chi connectivity index (χ2n) is 7.22. The van der Waals surface area contributed by atoms with Gasteiger partial charge in [0, 0.05) is 19.2 Å². The van der Waals surface area contributed by atoms with Crippen LogP contribution < -0.4 is 9.64 Å². The third kappa shape index (κ3) is 5.22. The summed E-state index contributed by atoms with van der Waals surface area (Å²) in [6.45, 7) is 2.74. The van der Waals surface area contributed by atoms with E-state index < -0.39 is 0 Å². The van der Waals surface area contributed by atoms with Gasteiger partial charge in [-0.3, -0.25) is 4.79 Å². The molecule has 29 heavy (non-hydrogen) atoms. The van der Waals surface area contributed by atoms with Gasteiger partial charge >= 0.3 is 0 Å². The molecule has 1 aliphatic heterocycles. The first-order chi connectivity index (χ1) is 14.3. The number of amides is 1. The van der Waals surface area contributed by atoms with E-state index in [1.807, 2.05) is 54.6 Å². The molecule has 0 radical (unpaired) electrons. The standard InChI is InChI=1S/C23H26N2O4/c26-22(18-28-19-8-3-1-4-9-19)25(16-20-10-7-15-27-20)17-21-11-12-23(29-21)24-13-5-2-6-14-24/h1,3-4,7-12,15H,2,5-6,13-14,16-18H2. The summed E-state index contributed by atoms with van der Waals surface area (Å²) >= 11 is 0. The minimum atomic E-state index is -0.124. The number of nitrogens with zero attached hydrogens (tertiary/aromatic N) is 2. The maximum atomic E-state index is 12.9. The molecule has 6 nitrogen and oxygen atoms in total. The fraction of sp³-hybridized carbons (Fsp3) is 0.348. The number of carbonyl (C=O) groups excluding carboxylic acids is 1. The molecule has 152 valence electrons. The van der Waals surface area contributed by atoms with Crippen molar-refractivity contribution in [2.75, 3.05) is 24.6 Å². The largest absolute Gasteiger partial charge is 0.484 e. The van der Waals surface area contributed by atoms with Gasteiger partial charge in [-0.15, -0.1) is 0 Å². The van der Waals surface area contributed by atoms with Crippen molar-refractivity contribution in [3.05, 3.63) is 72.4 Å². The third-order valence-corrected chi connectivity index (χ3v) is 5.05. The van der Waals surface area contributed by atoms with Crippen LogP contribution in [0.15, 0.2) is 69.7 Å². The third-order valence-electron chi connectivity index (χ3n) is 5.05. The van der Waals surface area contributed by atoms with Crippen LogP contribution in [-0.4, -0.2) is 30.5 Å². The average molecular weight is 394 g/mol. The molecule has 3 heterocycles. The van der Waals surface area contributed by atoms with Crippen molar-refractivity contribution in [1.82, 2.24) is 4.90 Å². The lowest BCUT2D eigenvalue weighted by Gasteiger charge is -2.26. The molecule has 4 rings (SSSR count). The molecular formula is C23H26N2O4. The Morgan fingerprint density at radius 2 is 1.72 bits per heavy atom. The number of para-hydroxylation sites is 1. The molecule has 1 fully saturated rings. The quantitative estimate of drug-likeness (QED) is 0.564. The molecule has 1 aliphatic rings. The highest BCUT2D eigenvalue weighted by molar-refractivity contribution is 5.77. The van der Waals surface area contributed by atoms with E-state index in [1.165, 1.54) is 19.3 Å². The summed E-state index contributed by atoms with van der Waals surface area (Å²) in [4.78, 5) is 16.8. The van der Waals surface area contributed by atoms with E-state index in [-0.39, 0.29) is 12.5 Å². The summed E-state index contributed by atoms with van der Waals surface area (Å²) in [7, 11) is 0. The van der Waals surface area contributed by atoms with Gasteiger partial charge in [0.1, 0.15) is 17.3 Å². The molecule has 0 spiro atoms. The predicted octanol–water partition coefficient (Wildman–Crippen LogP) is 4.47. The van der Waals surface area contributed by atoms with Crippen LogP contribution in [0.2, 0.25) is 0 Å². The van der Waals surface area contributed by atoms with Crippen molar-refractivity contribution in [2.24, 2.45) is 0 Å². The van der Waals surface area contributed by atoms with Crippen LogP contribution in [-0.2, 0) is 17.9 Å². The normalized spacial score (nSPS) is 14.0. The lowest BCUT2D eigenvalue weighted by molar-refractivity contribution is -0.135. The van der Waals surface area contributed by atoms with E-state index >= 15 is 0 Å². The van der Waals surface area contributed by atoms with E-state index in [0.29, 0.717) is 18.8 Å². The SMILES string of the molecule is O=C(COc1ccccc1)N(Cc1ccco1)Cc1ccc(N2CCCCC2)o1. The number of furan rings is 2. The van der Waals surface area contributed by atoms with Gasteiger partial charge in [0.25, 0.3) is 5.91 Å². The molecule has 0 bridgehead atoms. The second-order valence-corrected chi connectivity index (χ2v) is 7.22. The number of hydrogen-bond donors (Lipinski definition) is 0. The monoisotopic (exact) mass is 394 g/mol. The zero-order valence-corrected chi connectivity index (χ0v) is 16.5. The van der Waals surface area contributed by atoms with Gasteiger partial charge in [0.05, 0.1) is 19.4 Å². The molecule has 0 N–H and O–H groups in total. The summed E-state index contributed by atoms with van der Waals surface area (Å²) in [6, 6.07) is 17.0. The van der Waals surface area contributed by atoms with Crippen molar-refractivity contribution < 1.29 is 18.4 Å². The summed E-state index contributed by atoms with van der Waals surface area (Å²) in [5.41, 5.74) is 0. The van der Waals surface area contributed by atoms with Crippen LogP contribution in [0.3, 0.4) is 0 Å². The van der Waals surface area contributed by atoms with Crippen LogP contribution >= 0.6 is 0 Å². The minimum absolute atomic E-state index is 0.0373. The summed E-state index contributed by atoms with van der Waals surface area (Å²) in [5, 5.41) is 0. The summed E-state index contributed by atoms with van der Waals surface area (Å²) in [5.74, 6) is 2.90. The number of piperidine rings is 1. The highest BCUT2D eigenvalue weighted by Crippen LogP contribution is 2.24. The van der Waals surface area contributed by atoms with E-state index in [9.17, 15) is 4.79 Å². The second kappa shape index (κ2) is 9.37. The van der Waals surface area contributed by atoms with E-state index in [4.69, 9.17) is 13.6 Å². The molecule has 3 aromatic rings. The smallest absolute Gasteiger partial charge is 0.261 e. The molecule has 0 saturated carbocycles. The Balaban J connectivity index is 1.42. The van der Waals surface area contributed by atoms with Gasteiger partial charge in [-0.2, -0.15) is 0 Å². The van der Waals surface area contributed by atoms with Gasteiger partial charge in [-0.25, -0.2) is 0 Å². The van der Waals surface area contributed by atoms with Crippen LogP contribution in [0.1, 0.15) is 30.8 Å². The van der Waals surface area contributed by atoms with Crippen molar-refractivity contribution in [3.63, 3.8) is 0 Å². The van der Waals surface area contributed by atoms with Crippen LogP contribution in [0.5, 0.6) is 5.75 Å². The predicted molar refractivity (Wildman–Crippen MR) is 110 cm³/mol. The maximum absolute atomic E-state index is 12.9. The van der Waals surface area contributed by atoms with Crippen molar-refractivity contribution in [3.8, 4) is 5.75 Å². The highest BCUT2D eigenvalue weighted by atomic mass is 16.5. The Labute approximate surface area is 170 Å². The number of hydrogen-bond acceptors (Lipinski definition) is 5. The lowest BCUT2D eigenvalue weighted by Crippen LogP contribution is -2.34. The number of carbonyl (C=O) groups is 1. The first kappa shape index (κ1) is 19.2. The highest BCUT2D eigenvalue weighted by Gasteiger charge is 2.20. The van der Waals surface area contributed by atoms with Crippen LogP contribution in [0.4, 0.5) is 5.88 Å². The van der Waals surface area contributed by atoms with Gasteiger partial charge < -0.3 is 23.4 Å². The molecule has 1 amide bonds. The summed E-state index contributed by atoms with van der Waals surface area (Å²) in [6.07, 6.45) is 5.27. The Kier molecular flexibility index (Phi) is 6.19. The lowest BCUT2D eigenvalue weighted by atomic mass is 10.1. The van der Waals surface area contributed by atoms with Crippen molar-refractivity contribution >= 4 is 11.8 Å². The van der Waals surface area contributed by atoms with Gasteiger partial charge in [-0.05, 0) is 49.6 Å². The number of rotatable bonds is 8. The number of ether oxygens (including phenoxy) is 1. The molecule has 1 aromatic carbocycles. The zero-order valence-electron chi connectivity index (χ0n) is 16.5. The van der Waals surface area contributed by atoms with Gasteiger partial charge in [-0.1, -0.05) is 18.2 Å². The number of benzene rings is 1. The average Bonchev–Trinajstić information content (AvgIpc) is 3.45. The van der Waals surface area contributed by atoms with Gasteiger partial charge in [0.2, 0.25) is 0 Å². The van der Waals surface area contributed by atoms with Crippen LogP contribution in [0, 0.1) is 0 Å². The topological polar surface area (TPSA) is 59.1 Å². The van der Waals surface area contributed by atoms with Crippen LogP contribution in [0.25, 0.3) is 0 Å². The van der Waals surface area contributed by atoms with Crippen molar-refractivity contribution in [2.45, 2.75) is 32.4 Å². The Hall–Kier alpha value is -3.15. The first-order valence-corrected chi connectivity index (χ1v) is 10.1. The fourth-order valence-corrected chi connectivity index (χ4v) is 3.50. The minimum Gasteiger partial charge on any atom is -0.484 e. The molecule has 2 aromatic heterocycles. The molecule has 0 atom stereocenters. The van der Waals surface area contributed by atoms with Crippen molar-refractivity contribution in [1.29, 1.82) is 0 Å². The molecule has 6 heteroatoms. The maximum Gasteiger partial charge on any atom is 0.261 e. The molecule has 0 unspecified atom stereocenters. The molecular weight excluding hydrogens is 368 g/mol. The molecule has 1 saturated heterocycles. The van der Waals surface area contributed by atoms with Gasteiger partial charge in [0.15, 0.2) is 12.5 Å². The fourth-order valence-electron chi connectivity index (χ4n) is 3.50. The Morgan fingerprint density at radius 3 is 2.48 bits per heavy atom. The number of anilines is 1. The van der Waals surface area contributed by atoms with E-state index in [2.05, 4.69) is 4.90 Å². The summed E-state index contributed by atoms with van der Waals surface area (Å²) < 4.78 is 17.1. The first-order valence-electron chi connectivity index (χ1n) is 10.1. The van der Waals surface area contributed by atoms with E-state index in [0.717, 1.165) is 30.5 Å². The Bertz CT molecular complexity index is 883.